The van der Waals surface area contributed by atoms with Crippen molar-refractivity contribution >= 4 is 45.3 Å². The first-order valence-corrected chi connectivity index (χ1v) is 7.15. The lowest BCUT2D eigenvalue weighted by Crippen LogP contribution is -2.17. The van der Waals surface area contributed by atoms with Gasteiger partial charge in [-0.1, -0.05) is 15.9 Å². The molecule has 0 saturated heterocycles. The Morgan fingerprint density at radius 1 is 1.53 bits per heavy atom. The summed E-state index contributed by atoms with van der Waals surface area (Å²) in [5.74, 6) is -0.396. The predicted molar refractivity (Wildman–Crippen MR) is 77.0 cm³/mol. The molecule has 0 aliphatic carbocycles. The lowest BCUT2D eigenvalue weighted by molar-refractivity contribution is -0.113. The zero-order valence-corrected chi connectivity index (χ0v) is 12.5. The number of nitrogens with one attached hydrogen (secondary N) is 1. The Balaban J connectivity index is 2.81. The van der Waals surface area contributed by atoms with Gasteiger partial charge >= 0.3 is 5.97 Å². The Kier molecular flexibility index (Phi) is 6.39. The van der Waals surface area contributed by atoms with Crippen molar-refractivity contribution < 1.29 is 14.3 Å². The van der Waals surface area contributed by atoms with Crippen LogP contribution in [0.1, 0.15) is 10.4 Å². The molecule has 0 aromatic heterocycles. The number of halogens is 1. The molecule has 0 bridgehead atoms. The van der Waals surface area contributed by atoms with Gasteiger partial charge in [0, 0.05) is 4.47 Å². The van der Waals surface area contributed by atoms with Gasteiger partial charge in [-0.05, 0) is 18.2 Å². The number of hydrogen-bond acceptors (Lipinski definition) is 5. The van der Waals surface area contributed by atoms with Crippen LogP contribution in [0, 0.1) is 11.3 Å². The van der Waals surface area contributed by atoms with E-state index in [0.717, 1.165) is 4.47 Å². The van der Waals surface area contributed by atoms with Crippen LogP contribution in [0.25, 0.3) is 0 Å². The molecular weight excluding hydrogens is 332 g/mol. The molecule has 0 radical (unpaired) electrons. The maximum absolute atomic E-state index is 11.7. The van der Waals surface area contributed by atoms with E-state index < -0.39 is 5.97 Å². The summed E-state index contributed by atoms with van der Waals surface area (Å²) in [5, 5.41) is 11.0. The molecule has 7 heteroatoms. The van der Waals surface area contributed by atoms with Gasteiger partial charge in [0.2, 0.25) is 5.91 Å². The van der Waals surface area contributed by atoms with E-state index in [1.807, 2.05) is 6.07 Å². The van der Waals surface area contributed by atoms with Gasteiger partial charge in [-0.3, -0.25) is 4.79 Å². The van der Waals surface area contributed by atoms with Gasteiger partial charge in [-0.15, -0.1) is 11.8 Å². The number of esters is 1. The minimum Gasteiger partial charge on any atom is -0.465 e. The number of methoxy groups -OCH3 is 1. The topological polar surface area (TPSA) is 79.2 Å². The molecule has 19 heavy (non-hydrogen) atoms. The van der Waals surface area contributed by atoms with E-state index in [4.69, 9.17) is 5.26 Å². The summed E-state index contributed by atoms with van der Waals surface area (Å²) >= 11 is 4.47. The van der Waals surface area contributed by atoms with Gasteiger partial charge in [0.25, 0.3) is 0 Å². The summed E-state index contributed by atoms with van der Waals surface area (Å²) in [6, 6.07) is 6.81. The van der Waals surface area contributed by atoms with E-state index in [1.165, 1.54) is 18.9 Å². The number of benzene rings is 1. The molecule has 0 spiro atoms. The average molecular weight is 343 g/mol. The van der Waals surface area contributed by atoms with Crippen molar-refractivity contribution in [1.82, 2.24) is 0 Å². The molecule has 0 aliphatic heterocycles. The van der Waals surface area contributed by atoms with Crippen LogP contribution >= 0.6 is 27.7 Å². The highest BCUT2D eigenvalue weighted by Crippen LogP contribution is 2.22. The first-order chi connectivity index (χ1) is 9.08. The minimum atomic E-state index is -0.521. The summed E-state index contributed by atoms with van der Waals surface area (Å²) < 4.78 is 5.38. The van der Waals surface area contributed by atoms with E-state index in [2.05, 4.69) is 26.0 Å². The molecule has 1 aromatic carbocycles. The van der Waals surface area contributed by atoms with Crippen LogP contribution in [0.15, 0.2) is 22.7 Å². The highest BCUT2D eigenvalue weighted by atomic mass is 79.9. The van der Waals surface area contributed by atoms with Crippen molar-refractivity contribution in [3.8, 4) is 6.07 Å². The van der Waals surface area contributed by atoms with Gasteiger partial charge in [0.05, 0.1) is 35.9 Å². The monoisotopic (exact) mass is 342 g/mol. The number of carbonyl (C=O) groups is 2. The fourth-order valence-corrected chi connectivity index (χ4v) is 2.10. The lowest BCUT2D eigenvalue weighted by Gasteiger charge is -2.09. The molecule has 1 aromatic rings. The number of hydrogen-bond donors (Lipinski definition) is 1. The summed E-state index contributed by atoms with van der Waals surface area (Å²) in [6.45, 7) is 0. The highest BCUT2D eigenvalue weighted by molar-refractivity contribution is 9.10. The van der Waals surface area contributed by atoms with Gasteiger partial charge in [0.1, 0.15) is 0 Å². The molecule has 5 nitrogen and oxygen atoms in total. The van der Waals surface area contributed by atoms with Crippen LogP contribution in [0.4, 0.5) is 5.69 Å². The summed E-state index contributed by atoms with van der Waals surface area (Å²) in [4.78, 5) is 23.2. The average Bonchev–Trinajstić information content (AvgIpc) is 2.38. The number of nitrogens with zero attached hydrogens (tertiary/aromatic N) is 1. The maximum atomic E-state index is 11.7. The van der Waals surface area contributed by atoms with E-state index >= 15 is 0 Å². The Morgan fingerprint density at radius 2 is 2.26 bits per heavy atom. The number of rotatable bonds is 5. The second kappa shape index (κ2) is 7.81. The molecule has 1 N–H and O–H groups in total. The number of ether oxygens (including phenoxy) is 1. The molecule has 1 rings (SSSR count). The largest absolute Gasteiger partial charge is 0.465 e. The van der Waals surface area contributed by atoms with Crippen molar-refractivity contribution in [3.05, 3.63) is 28.2 Å². The van der Waals surface area contributed by atoms with Gasteiger partial charge in [-0.2, -0.15) is 5.26 Å². The first-order valence-electron chi connectivity index (χ1n) is 5.21. The van der Waals surface area contributed by atoms with Crippen molar-refractivity contribution in [2.45, 2.75) is 0 Å². The number of anilines is 1. The zero-order valence-electron chi connectivity index (χ0n) is 10.1. The molecule has 0 unspecified atom stereocenters. The fraction of sp³-hybridized carbons (Fsp3) is 0.250. The Bertz CT molecular complexity index is 528. The molecule has 0 atom stereocenters. The van der Waals surface area contributed by atoms with Crippen LogP contribution in [-0.2, 0) is 9.53 Å². The third kappa shape index (κ3) is 4.93. The van der Waals surface area contributed by atoms with Crippen LogP contribution < -0.4 is 5.32 Å². The predicted octanol–water partition coefficient (Wildman–Crippen LogP) is 2.43. The normalized spacial score (nSPS) is 9.53. The van der Waals surface area contributed by atoms with E-state index in [0.29, 0.717) is 5.69 Å². The zero-order chi connectivity index (χ0) is 14.3. The highest BCUT2D eigenvalue weighted by Gasteiger charge is 2.14. The molecule has 0 aliphatic rings. The lowest BCUT2D eigenvalue weighted by atomic mass is 10.2. The van der Waals surface area contributed by atoms with Crippen molar-refractivity contribution in [2.75, 3.05) is 23.9 Å². The molecule has 0 heterocycles. The quantitative estimate of drug-likeness (QED) is 0.656. The van der Waals surface area contributed by atoms with Crippen LogP contribution in [0.3, 0.4) is 0 Å². The van der Waals surface area contributed by atoms with Crippen molar-refractivity contribution in [2.24, 2.45) is 0 Å². The SMILES string of the molecule is COC(=O)c1ccc(Br)cc1NC(=O)CSCC#N. The molecule has 0 saturated carbocycles. The number of carbonyl (C=O) groups excluding carboxylic acids is 2. The third-order valence-corrected chi connectivity index (χ3v) is 3.35. The number of amides is 1. The fourth-order valence-electron chi connectivity index (χ4n) is 1.28. The van der Waals surface area contributed by atoms with Gasteiger partial charge in [-0.25, -0.2) is 4.79 Å². The van der Waals surface area contributed by atoms with Gasteiger partial charge < -0.3 is 10.1 Å². The summed E-state index contributed by atoms with van der Waals surface area (Å²) in [7, 11) is 1.28. The van der Waals surface area contributed by atoms with E-state index in [-0.39, 0.29) is 23.0 Å². The maximum Gasteiger partial charge on any atom is 0.339 e. The molecule has 0 fully saturated rings. The smallest absolute Gasteiger partial charge is 0.339 e. The molecule has 1 amide bonds. The van der Waals surface area contributed by atoms with Crippen LogP contribution in [0.2, 0.25) is 0 Å². The standard InChI is InChI=1S/C12H11BrN2O3S/c1-18-12(17)9-3-2-8(13)6-10(9)15-11(16)7-19-5-4-14/h2-3,6H,5,7H2,1H3,(H,15,16). The van der Waals surface area contributed by atoms with E-state index in [1.54, 1.807) is 18.2 Å². The Hall–Kier alpha value is -1.52. The summed E-state index contributed by atoms with van der Waals surface area (Å²) in [5.41, 5.74) is 0.660. The number of nitriles is 1. The summed E-state index contributed by atoms with van der Waals surface area (Å²) in [6.07, 6.45) is 0. The second-order valence-electron chi connectivity index (χ2n) is 3.38. The van der Waals surface area contributed by atoms with Crippen LogP contribution in [-0.4, -0.2) is 30.5 Å². The third-order valence-electron chi connectivity index (χ3n) is 2.06. The molecule has 100 valence electrons. The molecular formula is C12H11BrN2O3S. The van der Waals surface area contributed by atoms with Gasteiger partial charge in [0.15, 0.2) is 0 Å². The van der Waals surface area contributed by atoms with E-state index in [9.17, 15) is 9.59 Å². The Labute approximate surface area is 123 Å². The minimum absolute atomic E-state index is 0.153. The van der Waals surface area contributed by atoms with Crippen molar-refractivity contribution in [3.63, 3.8) is 0 Å². The number of thioether (sulfide) groups is 1. The second-order valence-corrected chi connectivity index (χ2v) is 5.28. The first kappa shape index (κ1) is 15.5. The van der Waals surface area contributed by atoms with Crippen molar-refractivity contribution in [1.29, 1.82) is 5.26 Å². The Morgan fingerprint density at radius 3 is 2.89 bits per heavy atom. The van der Waals surface area contributed by atoms with Crippen LogP contribution in [0.5, 0.6) is 0 Å².